The summed E-state index contributed by atoms with van der Waals surface area (Å²) in [4.78, 5) is 17.1. The van der Waals surface area contributed by atoms with Gasteiger partial charge in [0, 0.05) is 5.56 Å². The van der Waals surface area contributed by atoms with E-state index in [0.717, 1.165) is 36.9 Å². The number of nitrogens with zero attached hydrogens (tertiary/aromatic N) is 1. The molecule has 2 N–H and O–H groups in total. The normalized spacial score (nSPS) is 16.3. The number of hydrogen-bond acceptors (Lipinski definition) is 3. The van der Waals surface area contributed by atoms with Crippen molar-refractivity contribution in [1.29, 1.82) is 0 Å². The van der Waals surface area contributed by atoms with Crippen LogP contribution >= 0.6 is 0 Å². The molecule has 23 heavy (non-hydrogen) atoms. The van der Waals surface area contributed by atoms with Crippen LogP contribution in [0.25, 0.3) is 11.3 Å². The summed E-state index contributed by atoms with van der Waals surface area (Å²) in [5.74, 6) is -0.148. The number of aromatic nitrogens is 1. The Kier molecular flexibility index (Phi) is 4.44. The summed E-state index contributed by atoms with van der Waals surface area (Å²) in [5, 5.41) is 12.7. The summed E-state index contributed by atoms with van der Waals surface area (Å²) in [6.07, 6.45) is 3.77. The molecule has 0 radical (unpaired) electrons. The van der Waals surface area contributed by atoms with Gasteiger partial charge in [0.05, 0.1) is 29.1 Å². The minimum absolute atomic E-state index is 0.00663. The molecule has 1 aliphatic rings. The lowest BCUT2D eigenvalue weighted by Gasteiger charge is -2.28. The fraction of sp³-hybridized carbons (Fsp3) is 0.368. The van der Waals surface area contributed by atoms with E-state index in [0.29, 0.717) is 11.3 Å². The van der Waals surface area contributed by atoms with Gasteiger partial charge in [0.2, 0.25) is 0 Å². The molecule has 1 heterocycles. The number of aryl methyl sites for hydroxylation is 1. The Morgan fingerprint density at radius 1 is 1.17 bits per heavy atom. The summed E-state index contributed by atoms with van der Waals surface area (Å²) in [6.45, 7) is 1.84. The number of pyridine rings is 1. The van der Waals surface area contributed by atoms with E-state index >= 15 is 0 Å². The highest BCUT2D eigenvalue weighted by atomic mass is 16.3. The summed E-state index contributed by atoms with van der Waals surface area (Å²) in [6, 6.07) is 13.6. The van der Waals surface area contributed by atoms with Crippen molar-refractivity contribution in [3.8, 4) is 11.3 Å². The van der Waals surface area contributed by atoms with Gasteiger partial charge in [0.1, 0.15) is 0 Å². The third-order valence-corrected chi connectivity index (χ3v) is 4.64. The predicted octanol–water partition coefficient (Wildman–Crippen LogP) is 3.09. The molecule has 3 rings (SSSR count). The lowest BCUT2D eigenvalue weighted by Crippen LogP contribution is -2.49. The Bertz CT molecular complexity index is 692. The fourth-order valence-corrected chi connectivity index (χ4v) is 3.25. The van der Waals surface area contributed by atoms with E-state index in [1.807, 2.05) is 49.4 Å². The van der Waals surface area contributed by atoms with Gasteiger partial charge in [-0.2, -0.15) is 0 Å². The minimum Gasteiger partial charge on any atom is -0.394 e. The molecule has 4 heteroatoms. The molecule has 0 aliphatic heterocycles. The second-order valence-electron chi connectivity index (χ2n) is 6.30. The van der Waals surface area contributed by atoms with Crippen molar-refractivity contribution in [1.82, 2.24) is 10.3 Å². The number of hydrogen-bond donors (Lipinski definition) is 2. The third kappa shape index (κ3) is 3.27. The molecule has 0 saturated heterocycles. The van der Waals surface area contributed by atoms with Crippen molar-refractivity contribution in [3.05, 3.63) is 53.7 Å². The average Bonchev–Trinajstić information content (AvgIpc) is 3.04. The van der Waals surface area contributed by atoms with E-state index in [1.165, 1.54) is 0 Å². The molecule has 1 aliphatic carbocycles. The quantitative estimate of drug-likeness (QED) is 0.912. The molecule has 4 nitrogen and oxygen atoms in total. The maximum atomic E-state index is 12.6. The number of carbonyl (C=O) groups excluding carboxylic acids is 1. The van der Waals surface area contributed by atoms with E-state index in [9.17, 15) is 9.90 Å². The van der Waals surface area contributed by atoms with Crippen LogP contribution in [0.3, 0.4) is 0 Å². The lowest BCUT2D eigenvalue weighted by molar-refractivity contribution is 0.0837. The Labute approximate surface area is 136 Å². The SMILES string of the molecule is Cc1nc(-c2ccccc2)ccc1C(=O)NC1(CO)CCCC1. The highest BCUT2D eigenvalue weighted by Crippen LogP contribution is 2.29. The van der Waals surface area contributed by atoms with E-state index in [4.69, 9.17) is 0 Å². The first kappa shape index (κ1) is 15.7. The zero-order valence-electron chi connectivity index (χ0n) is 13.4. The number of nitrogens with one attached hydrogen (secondary N) is 1. The number of amides is 1. The molecule has 0 atom stereocenters. The van der Waals surface area contributed by atoms with Gasteiger partial charge in [-0.05, 0) is 31.9 Å². The van der Waals surface area contributed by atoms with Gasteiger partial charge >= 0.3 is 0 Å². The van der Waals surface area contributed by atoms with Crippen molar-refractivity contribution < 1.29 is 9.90 Å². The molecule has 1 aromatic heterocycles. The second-order valence-corrected chi connectivity index (χ2v) is 6.30. The van der Waals surface area contributed by atoms with Crippen molar-refractivity contribution in [2.75, 3.05) is 6.61 Å². The van der Waals surface area contributed by atoms with Crippen LogP contribution in [0, 0.1) is 6.92 Å². The van der Waals surface area contributed by atoms with Gasteiger partial charge in [0.25, 0.3) is 5.91 Å². The summed E-state index contributed by atoms with van der Waals surface area (Å²) < 4.78 is 0. The lowest BCUT2D eigenvalue weighted by atomic mass is 9.98. The van der Waals surface area contributed by atoms with Crippen LogP contribution in [-0.4, -0.2) is 28.1 Å². The van der Waals surface area contributed by atoms with Crippen LogP contribution in [0.5, 0.6) is 0 Å². The van der Waals surface area contributed by atoms with Crippen LogP contribution < -0.4 is 5.32 Å². The smallest absolute Gasteiger partial charge is 0.253 e. The highest BCUT2D eigenvalue weighted by molar-refractivity contribution is 5.96. The van der Waals surface area contributed by atoms with Crippen molar-refractivity contribution in [3.63, 3.8) is 0 Å². The Hall–Kier alpha value is -2.20. The molecule has 0 bridgehead atoms. The summed E-state index contributed by atoms with van der Waals surface area (Å²) >= 11 is 0. The predicted molar refractivity (Wildman–Crippen MR) is 90.2 cm³/mol. The molecule has 2 aromatic rings. The molecule has 1 saturated carbocycles. The highest BCUT2D eigenvalue weighted by Gasteiger charge is 2.35. The van der Waals surface area contributed by atoms with Crippen LogP contribution in [0.15, 0.2) is 42.5 Å². The van der Waals surface area contributed by atoms with Crippen LogP contribution in [0.1, 0.15) is 41.7 Å². The first-order valence-corrected chi connectivity index (χ1v) is 8.10. The standard InChI is InChI=1S/C19H22N2O2/c1-14-16(18(23)21-19(13-22)11-5-6-12-19)9-10-17(20-14)15-7-3-2-4-8-15/h2-4,7-10,22H,5-6,11-13H2,1H3,(H,21,23). The second kappa shape index (κ2) is 6.50. The van der Waals surface area contributed by atoms with Crippen LogP contribution in [-0.2, 0) is 0 Å². The van der Waals surface area contributed by atoms with Crippen molar-refractivity contribution in [2.24, 2.45) is 0 Å². The van der Waals surface area contributed by atoms with Gasteiger partial charge in [0.15, 0.2) is 0 Å². The molecule has 0 unspecified atom stereocenters. The van der Waals surface area contributed by atoms with Gasteiger partial charge < -0.3 is 10.4 Å². The van der Waals surface area contributed by atoms with Crippen molar-refractivity contribution >= 4 is 5.91 Å². The minimum atomic E-state index is -0.457. The molecule has 120 valence electrons. The zero-order valence-corrected chi connectivity index (χ0v) is 13.4. The number of rotatable bonds is 4. The maximum absolute atomic E-state index is 12.6. The van der Waals surface area contributed by atoms with Gasteiger partial charge in [-0.3, -0.25) is 9.78 Å². The number of aliphatic hydroxyl groups excluding tert-OH is 1. The van der Waals surface area contributed by atoms with Gasteiger partial charge in [-0.25, -0.2) is 0 Å². The Morgan fingerprint density at radius 2 is 1.87 bits per heavy atom. The van der Waals surface area contributed by atoms with E-state index in [2.05, 4.69) is 10.3 Å². The third-order valence-electron chi connectivity index (χ3n) is 4.64. The molecular weight excluding hydrogens is 288 g/mol. The summed E-state index contributed by atoms with van der Waals surface area (Å²) in [7, 11) is 0. The first-order chi connectivity index (χ1) is 11.1. The van der Waals surface area contributed by atoms with Crippen molar-refractivity contribution in [2.45, 2.75) is 38.1 Å². The molecule has 1 amide bonds. The number of benzene rings is 1. The van der Waals surface area contributed by atoms with Gasteiger partial charge in [-0.15, -0.1) is 0 Å². The molecular formula is C19H22N2O2. The monoisotopic (exact) mass is 310 g/mol. The maximum Gasteiger partial charge on any atom is 0.253 e. The van der Waals surface area contributed by atoms with Crippen LogP contribution in [0.4, 0.5) is 0 Å². The topological polar surface area (TPSA) is 62.2 Å². The van der Waals surface area contributed by atoms with Gasteiger partial charge in [-0.1, -0.05) is 43.2 Å². The molecule has 1 fully saturated rings. The van der Waals surface area contributed by atoms with E-state index < -0.39 is 5.54 Å². The van der Waals surface area contributed by atoms with E-state index in [1.54, 1.807) is 0 Å². The molecule has 1 aromatic carbocycles. The number of carbonyl (C=O) groups is 1. The number of aliphatic hydroxyl groups is 1. The Morgan fingerprint density at radius 3 is 2.48 bits per heavy atom. The molecule has 0 spiro atoms. The zero-order chi connectivity index (χ0) is 16.3. The largest absolute Gasteiger partial charge is 0.394 e. The first-order valence-electron chi connectivity index (χ1n) is 8.10. The van der Waals surface area contributed by atoms with Crippen LogP contribution in [0.2, 0.25) is 0 Å². The van der Waals surface area contributed by atoms with E-state index in [-0.39, 0.29) is 12.5 Å². The Balaban J connectivity index is 1.82. The summed E-state index contributed by atoms with van der Waals surface area (Å²) in [5.41, 5.74) is 2.71. The average molecular weight is 310 g/mol. The fourth-order valence-electron chi connectivity index (χ4n) is 3.25.